The molecule has 14 heteroatoms. The van der Waals surface area contributed by atoms with Gasteiger partial charge in [0.05, 0.1) is 6.04 Å². The minimum atomic E-state index is -1.31. The van der Waals surface area contributed by atoms with E-state index in [9.17, 15) is 29.4 Å². The van der Waals surface area contributed by atoms with Crippen LogP contribution in [0.2, 0.25) is 0 Å². The number of carboxylic acids is 1. The van der Waals surface area contributed by atoms with Gasteiger partial charge in [-0.15, -0.1) is 0 Å². The van der Waals surface area contributed by atoms with Gasteiger partial charge in [0, 0.05) is 19.4 Å². The summed E-state index contributed by atoms with van der Waals surface area (Å²) in [5, 5.41) is 27.2. The molecule has 0 heterocycles. The van der Waals surface area contributed by atoms with Crippen LogP contribution in [0.4, 0.5) is 0 Å². The minimum Gasteiger partial charge on any atom is -0.508 e. The number of rotatable bonds is 18. The molecule has 0 saturated carbocycles. The number of nitrogens with zero attached hydrogens (tertiary/aromatic N) is 1. The van der Waals surface area contributed by atoms with Crippen LogP contribution in [0.25, 0.3) is 0 Å². The molecular formula is C29H41N7O6S. The van der Waals surface area contributed by atoms with Crippen LogP contribution in [0.3, 0.4) is 0 Å². The van der Waals surface area contributed by atoms with Gasteiger partial charge in [-0.3, -0.25) is 19.4 Å². The number of hydrogen-bond acceptors (Lipinski definition) is 8. The Morgan fingerprint density at radius 3 is 1.98 bits per heavy atom. The number of hydrogen-bond donors (Lipinski definition) is 8. The monoisotopic (exact) mass is 615 g/mol. The van der Waals surface area contributed by atoms with Crippen molar-refractivity contribution in [3.8, 4) is 5.75 Å². The highest BCUT2D eigenvalue weighted by molar-refractivity contribution is 7.98. The summed E-state index contributed by atoms with van der Waals surface area (Å²) >= 11 is 1.54. The number of aliphatic carboxylic acids is 1. The molecule has 2 rings (SSSR count). The van der Waals surface area contributed by atoms with Gasteiger partial charge in [0.15, 0.2) is 5.96 Å². The maximum absolute atomic E-state index is 13.5. The quantitative estimate of drug-likeness (QED) is 0.0627. The number of phenols is 1. The minimum absolute atomic E-state index is 0.0236. The van der Waals surface area contributed by atoms with Crippen LogP contribution in [0.15, 0.2) is 59.6 Å². The largest absolute Gasteiger partial charge is 0.508 e. The zero-order chi connectivity index (χ0) is 31.8. The van der Waals surface area contributed by atoms with E-state index in [-0.39, 0.29) is 37.5 Å². The smallest absolute Gasteiger partial charge is 0.326 e. The van der Waals surface area contributed by atoms with Crippen LogP contribution in [-0.2, 0) is 32.0 Å². The van der Waals surface area contributed by atoms with Crippen molar-refractivity contribution in [1.82, 2.24) is 16.0 Å². The van der Waals surface area contributed by atoms with E-state index in [4.69, 9.17) is 17.2 Å². The van der Waals surface area contributed by atoms with Crippen LogP contribution in [0.1, 0.15) is 30.4 Å². The standard InChI is InChI=1S/C29H41N7O6S/c1-43-15-13-21(30)25(38)34-22(8-5-14-33-29(31)32)26(39)35-23(16-18-6-3-2-4-7-18)27(40)36-24(28(41)42)17-19-9-11-20(37)12-10-19/h2-4,6-7,9-12,21-24,37H,5,8,13-17,30H2,1H3,(H,34,38)(H,35,39)(H,36,40)(H,41,42)(H4,31,32,33). The normalized spacial score (nSPS) is 13.5. The third kappa shape index (κ3) is 13.0. The second-order valence-electron chi connectivity index (χ2n) is 9.92. The Morgan fingerprint density at radius 2 is 1.37 bits per heavy atom. The second kappa shape index (κ2) is 18.3. The molecule has 0 aliphatic carbocycles. The van der Waals surface area contributed by atoms with Crippen molar-refractivity contribution in [2.24, 2.45) is 22.2 Å². The Balaban J connectivity index is 2.25. The highest BCUT2D eigenvalue weighted by Gasteiger charge is 2.30. The number of carbonyl (C=O) groups is 4. The molecule has 0 saturated heterocycles. The second-order valence-corrected chi connectivity index (χ2v) is 10.9. The Hall–Kier alpha value is -4.30. The fraction of sp³-hybridized carbons (Fsp3) is 0.414. The molecule has 43 heavy (non-hydrogen) atoms. The fourth-order valence-electron chi connectivity index (χ4n) is 4.10. The van der Waals surface area contributed by atoms with Crippen LogP contribution in [0, 0.1) is 0 Å². The van der Waals surface area contributed by atoms with Crippen molar-refractivity contribution in [2.75, 3.05) is 18.6 Å². The lowest BCUT2D eigenvalue weighted by Gasteiger charge is -2.25. The van der Waals surface area contributed by atoms with Gasteiger partial charge in [-0.2, -0.15) is 11.8 Å². The number of benzene rings is 2. The number of nitrogens with one attached hydrogen (secondary N) is 3. The Labute approximate surface area is 255 Å². The SMILES string of the molecule is CSCCC(N)C(=O)NC(CCCN=C(N)N)C(=O)NC(Cc1ccccc1)C(=O)NC(Cc1ccc(O)cc1)C(=O)O. The predicted octanol–water partition coefficient (Wildman–Crippen LogP) is -0.150. The maximum atomic E-state index is 13.5. The highest BCUT2D eigenvalue weighted by Crippen LogP contribution is 2.12. The third-order valence-electron chi connectivity index (χ3n) is 6.45. The summed E-state index contributed by atoms with van der Waals surface area (Å²) in [7, 11) is 0. The molecule has 0 aliphatic rings. The number of nitrogens with two attached hydrogens (primary N) is 3. The van der Waals surface area contributed by atoms with Gasteiger partial charge in [-0.25, -0.2) is 4.79 Å². The van der Waals surface area contributed by atoms with E-state index in [0.717, 1.165) is 5.56 Å². The molecule has 2 aromatic carbocycles. The molecule has 0 aliphatic heterocycles. The molecule has 0 bridgehead atoms. The lowest BCUT2D eigenvalue weighted by Crippen LogP contribution is -2.57. The first-order chi connectivity index (χ1) is 20.5. The van der Waals surface area contributed by atoms with Crippen molar-refractivity contribution in [3.63, 3.8) is 0 Å². The van der Waals surface area contributed by atoms with Crippen molar-refractivity contribution in [2.45, 2.75) is 56.3 Å². The van der Waals surface area contributed by atoms with Crippen LogP contribution in [-0.4, -0.2) is 82.6 Å². The fourth-order valence-corrected chi connectivity index (χ4v) is 4.59. The van der Waals surface area contributed by atoms with Crippen molar-refractivity contribution < 1.29 is 29.4 Å². The number of amides is 3. The third-order valence-corrected chi connectivity index (χ3v) is 7.10. The summed E-state index contributed by atoms with van der Waals surface area (Å²) in [6, 6.07) is 10.5. The predicted molar refractivity (Wildman–Crippen MR) is 166 cm³/mol. The van der Waals surface area contributed by atoms with Gasteiger partial charge in [-0.05, 0) is 54.5 Å². The van der Waals surface area contributed by atoms with E-state index in [1.54, 1.807) is 42.5 Å². The van der Waals surface area contributed by atoms with E-state index in [0.29, 0.717) is 24.2 Å². The summed E-state index contributed by atoms with van der Waals surface area (Å²) in [6.07, 6.45) is 2.81. The summed E-state index contributed by atoms with van der Waals surface area (Å²) < 4.78 is 0. The maximum Gasteiger partial charge on any atom is 0.326 e. The molecule has 4 unspecified atom stereocenters. The van der Waals surface area contributed by atoms with Crippen molar-refractivity contribution >= 4 is 41.4 Å². The first-order valence-electron chi connectivity index (χ1n) is 13.8. The number of aliphatic imine (C=N–C) groups is 1. The van der Waals surface area contributed by atoms with E-state index in [1.807, 2.05) is 6.26 Å². The average Bonchev–Trinajstić information content (AvgIpc) is 2.97. The Morgan fingerprint density at radius 1 is 0.814 bits per heavy atom. The molecule has 3 amide bonds. The Kier molecular flexibility index (Phi) is 14.8. The van der Waals surface area contributed by atoms with Crippen LogP contribution >= 0.6 is 11.8 Å². The first kappa shape index (κ1) is 34.9. The molecule has 4 atom stereocenters. The van der Waals surface area contributed by atoms with Crippen LogP contribution in [0.5, 0.6) is 5.75 Å². The first-order valence-corrected chi connectivity index (χ1v) is 15.1. The molecular weight excluding hydrogens is 574 g/mol. The van der Waals surface area contributed by atoms with Gasteiger partial charge in [0.25, 0.3) is 0 Å². The molecule has 2 aromatic rings. The van der Waals surface area contributed by atoms with Gasteiger partial charge < -0.3 is 43.4 Å². The average molecular weight is 616 g/mol. The Bertz CT molecular complexity index is 1230. The van der Waals surface area contributed by atoms with Crippen molar-refractivity contribution in [3.05, 3.63) is 65.7 Å². The zero-order valence-corrected chi connectivity index (χ0v) is 24.9. The van der Waals surface area contributed by atoms with E-state index >= 15 is 0 Å². The number of aromatic hydroxyl groups is 1. The lowest BCUT2D eigenvalue weighted by atomic mass is 10.0. The summed E-state index contributed by atoms with van der Waals surface area (Å²) in [4.78, 5) is 55.7. The molecule has 0 aromatic heterocycles. The number of phenolic OH excluding ortho intramolecular Hbond substituents is 1. The van der Waals surface area contributed by atoms with Crippen LogP contribution < -0.4 is 33.2 Å². The summed E-state index contributed by atoms with van der Waals surface area (Å²) in [5.41, 5.74) is 18.1. The summed E-state index contributed by atoms with van der Waals surface area (Å²) in [6.45, 7) is 0.214. The number of guanidine groups is 1. The molecule has 0 fully saturated rings. The molecule has 11 N–H and O–H groups in total. The lowest BCUT2D eigenvalue weighted by molar-refractivity contribution is -0.142. The number of carboxylic acid groups (broad SMARTS) is 1. The molecule has 13 nitrogen and oxygen atoms in total. The zero-order valence-electron chi connectivity index (χ0n) is 24.1. The van der Waals surface area contributed by atoms with E-state index in [2.05, 4.69) is 20.9 Å². The molecule has 0 radical (unpaired) electrons. The van der Waals surface area contributed by atoms with Gasteiger partial charge in [0.1, 0.15) is 23.9 Å². The van der Waals surface area contributed by atoms with E-state index < -0.39 is 47.9 Å². The highest BCUT2D eigenvalue weighted by atomic mass is 32.2. The summed E-state index contributed by atoms with van der Waals surface area (Å²) in [5.74, 6) is -2.57. The van der Waals surface area contributed by atoms with E-state index in [1.165, 1.54) is 23.9 Å². The van der Waals surface area contributed by atoms with Gasteiger partial charge in [-0.1, -0.05) is 42.5 Å². The van der Waals surface area contributed by atoms with Crippen molar-refractivity contribution in [1.29, 1.82) is 0 Å². The van der Waals surface area contributed by atoms with Gasteiger partial charge in [0.2, 0.25) is 17.7 Å². The number of carbonyl (C=O) groups excluding carboxylic acids is 3. The topological polar surface area (TPSA) is 235 Å². The molecule has 234 valence electrons. The number of thioether (sulfide) groups is 1. The molecule has 0 spiro atoms. The van der Waals surface area contributed by atoms with Gasteiger partial charge >= 0.3 is 5.97 Å².